The number of hydrogen-bond donors (Lipinski definition) is 0. The SMILES string of the molecule is Cc1ccc(C(=O)Oc2cncc(Cl)c2)cc1C. The van der Waals surface area contributed by atoms with Gasteiger partial charge in [-0.15, -0.1) is 0 Å². The van der Waals surface area contributed by atoms with Gasteiger partial charge in [0.25, 0.3) is 0 Å². The van der Waals surface area contributed by atoms with Gasteiger partial charge < -0.3 is 4.74 Å². The van der Waals surface area contributed by atoms with Gasteiger partial charge in [0.15, 0.2) is 5.75 Å². The molecule has 0 bridgehead atoms. The molecule has 0 aliphatic carbocycles. The lowest BCUT2D eigenvalue weighted by molar-refractivity contribution is 0.0734. The zero-order valence-corrected chi connectivity index (χ0v) is 10.9. The Hall–Kier alpha value is -1.87. The number of benzene rings is 1. The molecule has 0 saturated heterocycles. The first-order chi connectivity index (χ1) is 8.56. The van der Waals surface area contributed by atoms with Gasteiger partial charge in [0.1, 0.15) is 0 Å². The van der Waals surface area contributed by atoms with Crippen LogP contribution in [0.2, 0.25) is 5.02 Å². The highest BCUT2D eigenvalue weighted by Crippen LogP contribution is 2.17. The Balaban J connectivity index is 2.19. The average Bonchev–Trinajstić information content (AvgIpc) is 2.32. The zero-order valence-electron chi connectivity index (χ0n) is 10.1. The molecule has 0 saturated carbocycles. The van der Waals surface area contributed by atoms with Crippen LogP contribution < -0.4 is 4.74 Å². The summed E-state index contributed by atoms with van der Waals surface area (Å²) in [5.41, 5.74) is 2.70. The van der Waals surface area contributed by atoms with E-state index in [-0.39, 0.29) is 0 Å². The van der Waals surface area contributed by atoms with E-state index >= 15 is 0 Å². The maximum absolute atomic E-state index is 11.9. The fourth-order valence-electron chi connectivity index (χ4n) is 1.48. The summed E-state index contributed by atoms with van der Waals surface area (Å²) in [6.07, 6.45) is 2.93. The molecule has 0 atom stereocenters. The average molecular weight is 262 g/mol. The van der Waals surface area contributed by atoms with Crippen LogP contribution in [0.4, 0.5) is 0 Å². The van der Waals surface area contributed by atoms with Gasteiger partial charge in [-0.25, -0.2) is 4.79 Å². The molecule has 2 aromatic rings. The number of rotatable bonds is 2. The minimum absolute atomic E-state index is 0.339. The lowest BCUT2D eigenvalue weighted by atomic mass is 10.1. The third-order valence-electron chi connectivity index (χ3n) is 2.63. The second kappa shape index (κ2) is 5.19. The molecule has 0 spiro atoms. The first-order valence-corrected chi connectivity index (χ1v) is 5.84. The zero-order chi connectivity index (χ0) is 13.1. The normalized spacial score (nSPS) is 10.2. The van der Waals surface area contributed by atoms with Crippen LogP contribution in [0.5, 0.6) is 5.75 Å². The molecular weight excluding hydrogens is 250 g/mol. The maximum atomic E-state index is 11.9. The van der Waals surface area contributed by atoms with Crippen LogP contribution in [0.3, 0.4) is 0 Å². The van der Waals surface area contributed by atoms with E-state index in [0.29, 0.717) is 16.3 Å². The van der Waals surface area contributed by atoms with Crippen molar-refractivity contribution in [1.82, 2.24) is 4.98 Å². The molecular formula is C14H12ClNO2. The van der Waals surface area contributed by atoms with Crippen LogP contribution in [-0.2, 0) is 0 Å². The lowest BCUT2D eigenvalue weighted by Crippen LogP contribution is -2.09. The molecule has 0 aliphatic heterocycles. The van der Waals surface area contributed by atoms with Gasteiger partial charge >= 0.3 is 5.97 Å². The summed E-state index contributed by atoms with van der Waals surface area (Å²) in [4.78, 5) is 15.7. The van der Waals surface area contributed by atoms with Gasteiger partial charge in [-0.1, -0.05) is 17.7 Å². The molecule has 0 fully saturated rings. The summed E-state index contributed by atoms with van der Waals surface area (Å²) in [6.45, 7) is 3.94. The van der Waals surface area contributed by atoms with Crippen molar-refractivity contribution >= 4 is 17.6 Å². The maximum Gasteiger partial charge on any atom is 0.343 e. The fraction of sp³-hybridized carbons (Fsp3) is 0.143. The molecule has 1 heterocycles. The topological polar surface area (TPSA) is 39.2 Å². The highest BCUT2D eigenvalue weighted by atomic mass is 35.5. The van der Waals surface area contributed by atoms with Gasteiger partial charge in [0.05, 0.1) is 16.8 Å². The van der Waals surface area contributed by atoms with Crippen molar-refractivity contribution < 1.29 is 9.53 Å². The van der Waals surface area contributed by atoms with E-state index in [1.807, 2.05) is 19.9 Å². The molecule has 4 heteroatoms. The number of pyridine rings is 1. The number of halogens is 1. The third-order valence-corrected chi connectivity index (χ3v) is 2.84. The van der Waals surface area contributed by atoms with E-state index in [2.05, 4.69) is 4.98 Å². The summed E-state index contributed by atoms with van der Waals surface area (Å²) < 4.78 is 5.19. The molecule has 2 rings (SSSR count). The predicted octanol–water partition coefficient (Wildman–Crippen LogP) is 3.57. The Morgan fingerprint density at radius 1 is 1.17 bits per heavy atom. The monoisotopic (exact) mass is 261 g/mol. The van der Waals surface area contributed by atoms with Crippen LogP contribution in [0.25, 0.3) is 0 Å². The largest absolute Gasteiger partial charge is 0.421 e. The molecule has 0 amide bonds. The number of ether oxygens (including phenoxy) is 1. The van der Waals surface area contributed by atoms with Gasteiger partial charge in [-0.2, -0.15) is 0 Å². The molecule has 0 aliphatic rings. The molecule has 3 nitrogen and oxygen atoms in total. The van der Waals surface area contributed by atoms with Gasteiger partial charge in [0, 0.05) is 12.3 Å². The standard InChI is InChI=1S/C14H12ClNO2/c1-9-3-4-11(5-10(9)2)14(17)18-13-6-12(15)7-16-8-13/h3-8H,1-2H3. The van der Waals surface area contributed by atoms with Crippen molar-refractivity contribution in [1.29, 1.82) is 0 Å². The minimum Gasteiger partial charge on any atom is -0.421 e. The number of esters is 1. The molecule has 0 N–H and O–H groups in total. The number of nitrogens with zero attached hydrogens (tertiary/aromatic N) is 1. The van der Waals surface area contributed by atoms with Crippen molar-refractivity contribution in [3.8, 4) is 5.75 Å². The molecule has 1 aromatic heterocycles. The van der Waals surface area contributed by atoms with E-state index in [9.17, 15) is 4.79 Å². The summed E-state index contributed by atoms with van der Waals surface area (Å²) in [7, 11) is 0. The molecule has 0 unspecified atom stereocenters. The van der Waals surface area contributed by atoms with Gasteiger partial charge in [0.2, 0.25) is 0 Å². The van der Waals surface area contributed by atoms with Crippen LogP contribution in [0, 0.1) is 13.8 Å². The highest BCUT2D eigenvalue weighted by Gasteiger charge is 2.09. The van der Waals surface area contributed by atoms with Crippen molar-refractivity contribution in [3.63, 3.8) is 0 Å². The molecule has 18 heavy (non-hydrogen) atoms. The van der Waals surface area contributed by atoms with Crippen molar-refractivity contribution in [2.75, 3.05) is 0 Å². The van der Waals surface area contributed by atoms with Crippen LogP contribution in [0.1, 0.15) is 21.5 Å². The summed E-state index contributed by atoms with van der Waals surface area (Å²) in [6, 6.07) is 6.98. The fourth-order valence-corrected chi connectivity index (χ4v) is 1.65. The van der Waals surface area contributed by atoms with Gasteiger partial charge in [-0.05, 0) is 37.1 Å². The predicted molar refractivity (Wildman–Crippen MR) is 70.1 cm³/mol. The smallest absolute Gasteiger partial charge is 0.343 e. The van der Waals surface area contributed by atoms with Crippen molar-refractivity contribution in [2.45, 2.75) is 13.8 Å². The highest BCUT2D eigenvalue weighted by molar-refractivity contribution is 6.30. The molecule has 1 aromatic carbocycles. The summed E-state index contributed by atoms with van der Waals surface area (Å²) in [5, 5.41) is 0.431. The van der Waals surface area contributed by atoms with Crippen molar-refractivity contribution in [3.05, 3.63) is 58.4 Å². The quantitative estimate of drug-likeness (QED) is 0.776. The Bertz CT molecular complexity index is 596. The Labute approximate surface area is 110 Å². The number of carbonyl (C=O) groups is 1. The minimum atomic E-state index is -0.415. The number of hydrogen-bond acceptors (Lipinski definition) is 3. The van der Waals surface area contributed by atoms with E-state index in [0.717, 1.165) is 11.1 Å². The summed E-state index contributed by atoms with van der Waals surface area (Å²) >= 11 is 5.77. The number of aromatic nitrogens is 1. The number of aryl methyl sites for hydroxylation is 2. The van der Waals surface area contributed by atoms with E-state index in [1.54, 1.807) is 18.2 Å². The second-order valence-electron chi connectivity index (χ2n) is 4.03. The number of carbonyl (C=O) groups excluding carboxylic acids is 1. The first kappa shape index (κ1) is 12.6. The molecule has 0 radical (unpaired) electrons. The van der Waals surface area contributed by atoms with Gasteiger partial charge in [-0.3, -0.25) is 4.98 Å². The van der Waals surface area contributed by atoms with E-state index in [1.165, 1.54) is 12.4 Å². The first-order valence-electron chi connectivity index (χ1n) is 5.46. The third kappa shape index (κ3) is 2.87. The van der Waals surface area contributed by atoms with E-state index in [4.69, 9.17) is 16.3 Å². The van der Waals surface area contributed by atoms with Crippen LogP contribution >= 0.6 is 11.6 Å². The molecule has 92 valence electrons. The Morgan fingerprint density at radius 2 is 1.94 bits per heavy atom. The van der Waals surface area contributed by atoms with E-state index < -0.39 is 5.97 Å². The summed E-state index contributed by atoms with van der Waals surface area (Å²) in [5.74, 6) is -0.0760. The second-order valence-corrected chi connectivity index (χ2v) is 4.46. The van der Waals surface area contributed by atoms with Crippen molar-refractivity contribution in [2.24, 2.45) is 0 Å². The Morgan fingerprint density at radius 3 is 2.61 bits per heavy atom. The van der Waals surface area contributed by atoms with Crippen LogP contribution in [0.15, 0.2) is 36.7 Å². The lowest BCUT2D eigenvalue weighted by Gasteiger charge is -2.06. The van der Waals surface area contributed by atoms with Crippen LogP contribution in [-0.4, -0.2) is 11.0 Å². The Kier molecular flexibility index (Phi) is 3.63.